The molecule has 1 spiro atoms. The van der Waals surface area contributed by atoms with E-state index in [2.05, 4.69) is 0 Å². The Kier molecular flexibility index (Phi) is 5.53. The van der Waals surface area contributed by atoms with Crippen molar-refractivity contribution in [1.82, 2.24) is 14.7 Å². The average Bonchev–Trinajstić information content (AvgIpc) is 2.79. The lowest BCUT2D eigenvalue weighted by Crippen LogP contribution is -2.46. The molecule has 1 aromatic rings. The minimum absolute atomic E-state index is 0.0569. The lowest BCUT2D eigenvalue weighted by Gasteiger charge is -2.33. The molecule has 2 aliphatic rings. The first-order valence-corrected chi connectivity index (χ1v) is 9.64. The van der Waals surface area contributed by atoms with Crippen molar-refractivity contribution in [3.05, 3.63) is 35.9 Å². The largest absolute Gasteiger partial charge is 0.345 e. The van der Waals surface area contributed by atoms with Crippen LogP contribution in [-0.2, 0) is 20.8 Å². The first-order valence-electron chi connectivity index (χ1n) is 9.64. The highest BCUT2D eigenvalue weighted by Crippen LogP contribution is 2.35. The molecule has 2 fully saturated rings. The fourth-order valence-corrected chi connectivity index (χ4v) is 4.22. The van der Waals surface area contributed by atoms with Crippen LogP contribution in [0, 0.1) is 11.3 Å². The molecule has 0 aliphatic carbocycles. The minimum atomic E-state index is -0.376. The summed E-state index contributed by atoms with van der Waals surface area (Å²) < 4.78 is 0. The third-order valence-corrected chi connectivity index (χ3v) is 5.57. The predicted molar refractivity (Wildman–Crippen MR) is 103 cm³/mol. The van der Waals surface area contributed by atoms with Gasteiger partial charge < -0.3 is 14.7 Å². The zero-order valence-corrected chi connectivity index (χ0v) is 16.5. The molecule has 146 valence electrons. The Hall–Kier alpha value is -2.37. The molecule has 27 heavy (non-hydrogen) atoms. The van der Waals surface area contributed by atoms with E-state index in [0.29, 0.717) is 45.6 Å². The molecular weight excluding hydrogens is 342 g/mol. The van der Waals surface area contributed by atoms with Crippen LogP contribution in [0.3, 0.4) is 0 Å². The molecule has 6 nitrogen and oxygen atoms in total. The molecule has 2 aliphatic heterocycles. The fourth-order valence-electron chi connectivity index (χ4n) is 4.22. The monoisotopic (exact) mass is 371 g/mol. The second kappa shape index (κ2) is 7.71. The Morgan fingerprint density at radius 1 is 1.04 bits per heavy atom. The van der Waals surface area contributed by atoms with Gasteiger partial charge in [-0.2, -0.15) is 0 Å². The molecule has 0 N–H and O–H groups in total. The van der Waals surface area contributed by atoms with Crippen LogP contribution in [0.4, 0.5) is 0 Å². The van der Waals surface area contributed by atoms with Crippen molar-refractivity contribution < 1.29 is 14.4 Å². The van der Waals surface area contributed by atoms with Crippen LogP contribution in [0.15, 0.2) is 30.3 Å². The number of hydrogen-bond donors (Lipinski definition) is 0. The van der Waals surface area contributed by atoms with Crippen molar-refractivity contribution in [2.45, 2.75) is 26.7 Å². The molecule has 1 aromatic carbocycles. The number of amides is 3. The van der Waals surface area contributed by atoms with Gasteiger partial charge in [-0.3, -0.25) is 14.4 Å². The van der Waals surface area contributed by atoms with Crippen LogP contribution >= 0.6 is 0 Å². The first kappa shape index (κ1) is 19.4. The molecule has 3 amide bonds. The van der Waals surface area contributed by atoms with Crippen molar-refractivity contribution in [3.8, 4) is 0 Å². The Bertz CT molecular complexity index is 719. The number of carbonyl (C=O) groups is 3. The summed E-state index contributed by atoms with van der Waals surface area (Å²) in [5.41, 5.74) is 0.606. The summed E-state index contributed by atoms with van der Waals surface area (Å²) in [6.07, 6.45) is 0.735. The maximum atomic E-state index is 13.0. The quantitative estimate of drug-likeness (QED) is 0.807. The lowest BCUT2D eigenvalue weighted by atomic mass is 9.85. The summed E-state index contributed by atoms with van der Waals surface area (Å²) in [4.78, 5) is 43.3. The van der Waals surface area contributed by atoms with Crippen molar-refractivity contribution in [2.75, 3.05) is 39.8 Å². The van der Waals surface area contributed by atoms with Gasteiger partial charge in [-0.05, 0) is 5.56 Å². The Balaban J connectivity index is 1.81. The van der Waals surface area contributed by atoms with Crippen LogP contribution in [-0.4, -0.2) is 72.2 Å². The maximum absolute atomic E-state index is 13.0. The van der Waals surface area contributed by atoms with E-state index in [1.165, 1.54) is 0 Å². The highest BCUT2D eigenvalue weighted by molar-refractivity contribution is 5.82. The third kappa shape index (κ3) is 4.31. The van der Waals surface area contributed by atoms with Gasteiger partial charge >= 0.3 is 0 Å². The van der Waals surface area contributed by atoms with Crippen LogP contribution in [0.5, 0.6) is 0 Å². The van der Waals surface area contributed by atoms with Crippen LogP contribution in [0.25, 0.3) is 0 Å². The fraction of sp³-hybridized carbons (Fsp3) is 0.571. The van der Waals surface area contributed by atoms with Gasteiger partial charge in [0.25, 0.3) is 0 Å². The number of hydrogen-bond acceptors (Lipinski definition) is 3. The van der Waals surface area contributed by atoms with Crippen LogP contribution in [0.2, 0.25) is 0 Å². The molecule has 2 saturated heterocycles. The van der Waals surface area contributed by atoms with Gasteiger partial charge in [-0.15, -0.1) is 0 Å². The van der Waals surface area contributed by atoms with E-state index in [0.717, 1.165) is 5.56 Å². The number of rotatable bonds is 3. The van der Waals surface area contributed by atoms with Gasteiger partial charge in [-0.25, -0.2) is 0 Å². The van der Waals surface area contributed by atoms with Gasteiger partial charge in [0.2, 0.25) is 17.7 Å². The Morgan fingerprint density at radius 2 is 1.67 bits per heavy atom. The second-order valence-electron chi connectivity index (χ2n) is 8.32. The van der Waals surface area contributed by atoms with Gasteiger partial charge in [-0.1, -0.05) is 44.2 Å². The molecule has 0 aromatic heterocycles. The number of carbonyl (C=O) groups excluding carboxylic acids is 3. The summed E-state index contributed by atoms with van der Waals surface area (Å²) >= 11 is 0. The smallest absolute Gasteiger partial charge is 0.227 e. The highest BCUT2D eigenvalue weighted by atomic mass is 16.2. The van der Waals surface area contributed by atoms with Crippen LogP contribution in [0.1, 0.15) is 25.8 Å². The van der Waals surface area contributed by atoms with E-state index in [-0.39, 0.29) is 29.1 Å². The molecule has 1 unspecified atom stereocenters. The van der Waals surface area contributed by atoms with Crippen molar-refractivity contribution >= 4 is 17.7 Å². The number of likely N-dealkylation sites (tertiary alicyclic amines) is 1. The van der Waals surface area contributed by atoms with Crippen molar-refractivity contribution in [3.63, 3.8) is 0 Å². The molecule has 2 heterocycles. The average molecular weight is 371 g/mol. The Labute approximate surface area is 161 Å². The molecule has 6 heteroatoms. The zero-order valence-electron chi connectivity index (χ0n) is 16.5. The molecular formula is C21H29N3O3. The van der Waals surface area contributed by atoms with E-state index in [1.807, 2.05) is 54.0 Å². The molecule has 0 bridgehead atoms. The first-order chi connectivity index (χ1) is 12.8. The second-order valence-corrected chi connectivity index (χ2v) is 8.32. The molecule has 0 radical (unpaired) electrons. The van der Waals surface area contributed by atoms with Crippen LogP contribution < -0.4 is 0 Å². The molecule has 0 saturated carbocycles. The zero-order chi connectivity index (χ0) is 19.6. The molecule has 3 rings (SSSR count). The predicted octanol–water partition coefficient (Wildman–Crippen LogP) is 1.40. The maximum Gasteiger partial charge on any atom is 0.227 e. The lowest BCUT2D eigenvalue weighted by molar-refractivity contribution is -0.136. The van der Waals surface area contributed by atoms with E-state index in [1.54, 1.807) is 11.9 Å². The Morgan fingerprint density at radius 3 is 2.26 bits per heavy atom. The van der Waals surface area contributed by atoms with E-state index >= 15 is 0 Å². The van der Waals surface area contributed by atoms with Gasteiger partial charge in [0.15, 0.2) is 0 Å². The summed E-state index contributed by atoms with van der Waals surface area (Å²) in [6.45, 7) is 6.48. The van der Waals surface area contributed by atoms with E-state index < -0.39 is 0 Å². The number of benzene rings is 1. The summed E-state index contributed by atoms with van der Waals surface area (Å²) in [6, 6.07) is 9.70. The minimum Gasteiger partial charge on any atom is -0.345 e. The summed E-state index contributed by atoms with van der Waals surface area (Å²) in [7, 11) is 1.80. The topological polar surface area (TPSA) is 60.9 Å². The van der Waals surface area contributed by atoms with Gasteiger partial charge in [0.1, 0.15) is 0 Å². The summed E-state index contributed by atoms with van der Waals surface area (Å²) in [5, 5.41) is 0. The molecule has 1 atom stereocenters. The summed E-state index contributed by atoms with van der Waals surface area (Å²) in [5.74, 6) is 0.142. The standard InChI is InChI=1S/C21H29N3O3/c1-16(2)20(27)24-10-9-23(18(25)11-17-7-5-4-6-8-17)14-21(15-24)12-19(26)22(3)13-21/h4-8,16H,9-15H2,1-3H3. The third-order valence-electron chi connectivity index (χ3n) is 5.57. The van der Waals surface area contributed by atoms with Gasteiger partial charge in [0, 0.05) is 57.5 Å². The normalized spacial score (nSPS) is 23.3. The SMILES string of the molecule is CC(C)C(=O)N1CCN(C(=O)Cc2ccccc2)CC2(CC(=O)N(C)C2)C1. The highest BCUT2D eigenvalue weighted by Gasteiger charge is 2.47. The van der Waals surface area contributed by atoms with Crippen molar-refractivity contribution in [2.24, 2.45) is 11.3 Å². The van der Waals surface area contributed by atoms with E-state index in [9.17, 15) is 14.4 Å². The van der Waals surface area contributed by atoms with Gasteiger partial charge in [0.05, 0.1) is 6.42 Å². The number of nitrogens with zero attached hydrogens (tertiary/aromatic N) is 3. The van der Waals surface area contributed by atoms with E-state index in [4.69, 9.17) is 0 Å². The van der Waals surface area contributed by atoms with Crippen molar-refractivity contribution in [1.29, 1.82) is 0 Å².